The topological polar surface area (TPSA) is 91.5 Å². The molecule has 0 saturated heterocycles. The van der Waals surface area contributed by atoms with Crippen LogP contribution in [0.25, 0.3) is 0 Å². The van der Waals surface area contributed by atoms with Crippen molar-refractivity contribution in [3.63, 3.8) is 0 Å². The Balaban J connectivity index is 0.000000974. The lowest BCUT2D eigenvalue weighted by molar-refractivity contribution is -0.128. The number of rotatable bonds is 6. The van der Waals surface area contributed by atoms with E-state index in [1.807, 2.05) is 32.9 Å². The van der Waals surface area contributed by atoms with Gasteiger partial charge in [-0.05, 0) is 76.1 Å². The Morgan fingerprint density at radius 1 is 0.920 bits per heavy atom. The lowest BCUT2D eigenvalue weighted by Crippen LogP contribution is -2.49. The molecule has 50 heavy (non-hydrogen) atoms. The number of hydrogen-bond acceptors (Lipinski definition) is 5. The molecule has 2 aromatic rings. The van der Waals surface area contributed by atoms with Crippen molar-refractivity contribution in [3.8, 4) is 5.75 Å². The van der Waals surface area contributed by atoms with Crippen LogP contribution >= 0.6 is 0 Å². The van der Waals surface area contributed by atoms with Gasteiger partial charge in [0.1, 0.15) is 12.6 Å². The summed E-state index contributed by atoms with van der Waals surface area (Å²) in [5, 5.41) is 12.0. The quantitative estimate of drug-likeness (QED) is 0.226. The third-order valence-corrected chi connectivity index (χ3v) is 7.95. The average Bonchev–Trinajstić information content (AvgIpc) is 3.09. The molecule has 1 aliphatic rings. The van der Waals surface area contributed by atoms with Gasteiger partial charge in [-0.25, -0.2) is 4.39 Å². The zero-order valence-corrected chi connectivity index (χ0v) is 33.2. The number of carbonyl (C=O) groups excluding carboxylic acids is 2. The van der Waals surface area contributed by atoms with Crippen LogP contribution < -0.4 is 26.0 Å². The molecule has 284 valence electrons. The number of halogens is 1. The molecule has 0 spiro atoms. The van der Waals surface area contributed by atoms with Gasteiger partial charge in [-0.2, -0.15) is 0 Å². The van der Waals surface area contributed by atoms with E-state index < -0.39 is 6.04 Å². The largest absolute Gasteiger partial charge is 0.489 e. The minimum atomic E-state index is -0.585. The summed E-state index contributed by atoms with van der Waals surface area (Å²) in [6.07, 6.45) is 12.8. The van der Waals surface area contributed by atoms with E-state index >= 15 is 0 Å². The van der Waals surface area contributed by atoms with Crippen LogP contribution in [0.1, 0.15) is 129 Å². The molecule has 2 atom stereocenters. The second-order valence-electron chi connectivity index (χ2n) is 13.0. The van der Waals surface area contributed by atoms with Gasteiger partial charge in [0.05, 0.1) is 6.54 Å². The zero-order chi connectivity index (χ0) is 37.7. The standard InChI is InChI=1S/C22H33FN4O3.C11H16.C6H14.C3H8/c1-4-17-12-25-15(3)14-30-21-16(8-6-10-18(21)23)9-7-11-24-22(29)19(5-2)27-20(28)13-26-17;1-4-5-11-7-6-9(2)8-10(11)3;1-3-5-6-4-2;1-3-2/h4,6,8,10,15,19,25-26H,5,7,9,11-14H2,1-3H3,(H,24,29)(H,27,28);6-8H,4-5H2,1-3H3;3-6H2,1-2H3;3H2,1-2H3/t15-,19?;;;/m0.../s1. The van der Waals surface area contributed by atoms with Crippen LogP contribution in [-0.4, -0.2) is 50.1 Å². The monoisotopic (exact) mass is 699 g/mol. The molecule has 0 fully saturated rings. The third kappa shape index (κ3) is 21.0. The highest BCUT2D eigenvalue weighted by atomic mass is 19.1. The smallest absolute Gasteiger partial charge is 0.242 e. The van der Waals surface area contributed by atoms with Gasteiger partial charge < -0.3 is 26.0 Å². The molecule has 1 heterocycles. The molecule has 0 aliphatic carbocycles. The first-order valence-electron chi connectivity index (χ1n) is 19.2. The van der Waals surface area contributed by atoms with Crippen LogP contribution in [0.4, 0.5) is 4.39 Å². The third-order valence-electron chi connectivity index (χ3n) is 7.95. The Bertz CT molecular complexity index is 1230. The first-order valence-corrected chi connectivity index (χ1v) is 19.2. The molecule has 0 bridgehead atoms. The lowest BCUT2D eigenvalue weighted by atomic mass is 10.0. The van der Waals surface area contributed by atoms with Crippen LogP contribution in [-0.2, 0) is 22.4 Å². The van der Waals surface area contributed by atoms with Gasteiger partial charge in [0.2, 0.25) is 11.8 Å². The molecule has 8 heteroatoms. The number of hydrogen-bond donors (Lipinski definition) is 4. The average molecular weight is 699 g/mol. The van der Waals surface area contributed by atoms with Gasteiger partial charge in [0, 0.05) is 24.8 Å². The van der Waals surface area contributed by atoms with E-state index in [9.17, 15) is 14.0 Å². The number of nitrogens with one attached hydrogen (secondary N) is 4. The van der Waals surface area contributed by atoms with E-state index in [4.69, 9.17) is 4.74 Å². The molecule has 0 aromatic heterocycles. The van der Waals surface area contributed by atoms with Crippen molar-refractivity contribution in [2.75, 3.05) is 26.2 Å². The predicted octanol–water partition coefficient (Wildman–Crippen LogP) is 8.89. The maximum atomic E-state index is 14.3. The summed E-state index contributed by atoms with van der Waals surface area (Å²) in [6, 6.07) is 11.0. The van der Waals surface area contributed by atoms with E-state index in [1.54, 1.807) is 6.07 Å². The van der Waals surface area contributed by atoms with Gasteiger partial charge in [0.15, 0.2) is 11.6 Å². The summed E-state index contributed by atoms with van der Waals surface area (Å²) >= 11 is 0. The molecule has 2 amide bonds. The van der Waals surface area contributed by atoms with Gasteiger partial charge in [-0.1, -0.05) is 122 Å². The number of ether oxygens (including phenoxy) is 1. The van der Waals surface area contributed by atoms with E-state index in [2.05, 4.69) is 87.9 Å². The molecule has 2 aromatic carbocycles. The number of benzene rings is 2. The highest BCUT2D eigenvalue weighted by Gasteiger charge is 2.19. The van der Waals surface area contributed by atoms with E-state index in [0.29, 0.717) is 39.0 Å². The van der Waals surface area contributed by atoms with Crippen molar-refractivity contribution < 1.29 is 18.7 Å². The van der Waals surface area contributed by atoms with Crippen molar-refractivity contribution in [1.29, 1.82) is 0 Å². The highest BCUT2D eigenvalue weighted by molar-refractivity contribution is 5.88. The normalized spacial score (nSPS) is 17.9. The van der Waals surface area contributed by atoms with Gasteiger partial charge >= 0.3 is 0 Å². The maximum Gasteiger partial charge on any atom is 0.242 e. The predicted molar refractivity (Wildman–Crippen MR) is 210 cm³/mol. The molecule has 4 N–H and O–H groups in total. The number of aryl methyl sites for hydroxylation is 4. The molecule has 3 rings (SSSR count). The van der Waals surface area contributed by atoms with Crippen LogP contribution in [0.3, 0.4) is 0 Å². The maximum absolute atomic E-state index is 14.3. The van der Waals surface area contributed by atoms with Crippen LogP contribution in [0.5, 0.6) is 5.75 Å². The molecule has 7 nitrogen and oxygen atoms in total. The zero-order valence-electron chi connectivity index (χ0n) is 33.2. The summed E-state index contributed by atoms with van der Waals surface area (Å²) in [4.78, 5) is 24.6. The number of fused-ring (bicyclic) bond motifs is 1. The first-order chi connectivity index (χ1) is 24.0. The SMILES string of the molecule is CC=C1CN[C@@H](C)COc2c(F)cccc2CCCNC(=O)C(CC)NC(=O)CN1.CCC.CCCCCC.CCCc1ccc(C)cc1C. The molecule has 1 aliphatic heterocycles. The molecule has 0 saturated carbocycles. The summed E-state index contributed by atoms with van der Waals surface area (Å²) in [7, 11) is 0. The second-order valence-corrected chi connectivity index (χ2v) is 13.0. The Morgan fingerprint density at radius 2 is 1.60 bits per heavy atom. The molecular weight excluding hydrogens is 627 g/mol. The van der Waals surface area contributed by atoms with Crippen molar-refractivity contribution in [2.45, 2.75) is 146 Å². The highest BCUT2D eigenvalue weighted by Crippen LogP contribution is 2.24. The van der Waals surface area contributed by atoms with Crippen molar-refractivity contribution in [2.24, 2.45) is 0 Å². The lowest BCUT2D eigenvalue weighted by Gasteiger charge is -2.20. The van der Waals surface area contributed by atoms with Crippen molar-refractivity contribution in [3.05, 3.63) is 76.2 Å². The Hall–Kier alpha value is -3.39. The molecular formula is C42H71FN4O3. The van der Waals surface area contributed by atoms with E-state index in [0.717, 1.165) is 11.3 Å². The Morgan fingerprint density at radius 3 is 2.18 bits per heavy atom. The van der Waals surface area contributed by atoms with E-state index in [1.165, 1.54) is 67.7 Å². The van der Waals surface area contributed by atoms with Gasteiger partial charge in [0.25, 0.3) is 0 Å². The summed E-state index contributed by atoms with van der Waals surface area (Å²) in [5.74, 6) is -0.577. The number of para-hydroxylation sites is 1. The van der Waals surface area contributed by atoms with Gasteiger partial charge in [-0.15, -0.1) is 0 Å². The first kappa shape index (κ1) is 46.6. The minimum Gasteiger partial charge on any atom is -0.489 e. The number of unbranched alkanes of at least 4 members (excludes halogenated alkanes) is 3. The number of amides is 2. The molecule has 1 unspecified atom stereocenters. The van der Waals surface area contributed by atoms with Crippen LogP contribution in [0.2, 0.25) is 0 Å². The number of carbonyl (C=O) groups is 2. The van der Waals surface area contributed by atoms with E-state index in [-0.39, 0.29) is 36.0 Å². The second kappa shape index (κ2) is 29.4. The van der Waals surface area contributed by atoms with Gasteiger partial charge in [-0.3, -0.25) is 9.59 Å². The minimum absolute atomic E-state index is 0.0225. The fraction of sp³-hybridized carbons (Fsp3) is 0.619. The Labute approximate surface area is 305 Å². The Kier molecular flexibility index (Phi) is 27.4. The van der Waals surface area contributed by atoms with Crippen molar-refractivity contribution in [1.82, 2.24) is 21.3 Å². The van der Waals surface area contributed by atoms with Crippen LogP contribution in [0, 0.1) is 19.7 Å². The summed E-state index contributed by atoms with van der Waals surface area (Å²) < 4.78 is 20.1. The molecule has 0 radical (unpaired) electrons. The van der Waals surface area contributed by atoms with Crippen LogP contribution in [0.15, 0.2) is 48.2 Å². The van der Waals surface area contributed by atoms with Crippen molar-refractivity contribution >= 4 is 11.8 Å². The fourth-order valence-electron chi connectivity index (χ4n) is 5.03. The summed E-state index contributed by atoms with van der Waals surface area (Å²) in [5.41, 5.74) is 5.92. The number of allylic oxidation sites excluding steroid dienone is 1. The summed E-state index contributed by atoms with van der Waals surface area (Å²) in [6.45, 7) is 22.3. The fourth-order valence-corrected chi connectivity index (χ4v) is 5.03.